The predicted octanol–water partition coefficient (Wildman–Crippen LogP) is 2.09. The summed E-state index contributed by atoms with van der Waals surface area (Å²) in [6, 6.07) is 0. The Kier molecular flexibility index (Phi) is 0.802. The van der Waals surface area contributed by atoms with E-state index in [2.05, 4.69) is 23.9 Å². The monoisotopic (exact) mass is 176 g/mol. The summed E-state index contributed by atoms with van der Waals surface area (Å²) in [5, 5.41) is 2.45. The van der Waals surface area contributed by atoms with Gasteiger partial charge in [0.2, 0.25) is 0 Å². The van der Waals surface area contributed by atoms with Crippen molar-refractivity contribution >= 4 is 35.1 Å². The molecule has 2 fully saturated rings. The zero-order chi connectivity index (χ0) is 6.06. The van der Waals surface area contributed by atoms with Crippen LogP contribution in [-0.4, -0.2) is 20.0 Å². The number of rotatable bonds is 0. The predicted molar refractivity (Wildman–Crippen MR) is 44.3 cm³/mol. The highest BCUT2D eigenvalue weighted by Gasteiger charge is 2.65. The average molecular weight is 177 g/mol. The van der Waals surface area contributed by atoms with Gasteiger partial charge in [0.15, 0.2) is 0 Å². The number of halogens is 1. The van der Waals surface area contributed by atoms with Crippen molar-refractivity contribution in [2.45, 2.75) is 20.0 Å². The van der Waals surface area contributed by atoms with Crippen molar-refractivity contribution in [2.75, 3.05) is 0 Å². The first-order valence-corrected chi connectivity index (χ1v) is 5.21. The second kappa shape index (κ2) is 1.34. The molecule has 0 saturated carbocycles. The van der Waals surface area contributed by atoms with Crippen LogP contribution in [0, 0.1) is 0 Å². The molecule has 1 aliphatic carbocycles. The molecule has 2 heterocycles. The fourth-order valence-corrected chi connectivity index (χ4v) is 4.52. The van der Waals surface area contributed by atoms with Gasteiger partial charge < -0.3 is 0 Å². The van der Waals surface area contributed by atoms with Gasteiger partial charge >= 0.3 is 0 Å². The van der Waals surface area contributed by atoms with Gasteiger partial charge in [0.25, 0.3) is 0 Å². The summed E-state index contributed by atoms with van der Waals surface area (Å²) in [4.78, 5) is 0. The van der Waals surface area contributed by atoms with Crippen LogP contribution in [0.2, 0.25) is 0 Å². The molecule has 0 bridgehead atoms. The Morgan fingerprint density at radius 1 is 1.56 bits per heavy atom. The van der Waals surface area contributed by atoms with Crippen molar-refractivity contribution in [3.8, 4) is 0 Å². The van der Waals surface area contributed by atoms with E-state index >= 15 is 0 Å². The maximum absolute atomic E-state index is 6.13. The summed E-state index contributed by atoms with van der Waals surface area (Å²) in [5.41, 5.74) is 0. The first-order valence-electron chi connectivity index (χ1n) is 3.01. The molecule has 3 aliphatic rings. The summed E-state index contributed by atoms with van der Waals surface area (Å²) in [7, 11) is 0. The lowest BCUT2D eigenvalue weighted by atomic mass is 10.1. The molecule has 0 amide bonds. The summed E-state index contributed by atoms with van der Waals surface area (Å²) in [6.07, 6.45) is 4.43. The largest absolute Gasteiger partial charge is 0.147 e. The van der Waals surface area contributed by atoms with Crippen LogP contribution in [0.15, 0.2) is 12.2 Å². The third kappa shape index (κ3) is 0.597. The lowest BCUT2D eigenvalue weighted by molar-refractivity contribution is 0.896. The van der Waals surface area contributed by atoms with Gasteiger partial charge in [0.1, 0.15) is 4.21 Å². The summed E-state index contributed by atoms with van der Waals surface area (Å²) >= 11 is 10.1. The number of hydrogen-bond donors (Lipinski definition) is 0. The maximum Gasteiger partial charge on any atom is 0.121 e. The van der Waals surface area contributed by atoms with Crippen molar-refractivity contribution in [3.63, 3.8) is 0 Å². The molecule has 0 N–H and O–H groups in total. The maximum atomic E-state index is 6.13. The fourth-order valence-electron chi connectivity index (χ4n) is 1.35. The molecule has 9 heavy (non-hydrogen) atoms. The van der Waals surface area contributed by atoms with Crippen LogP contribution in [0.1, 0.15) is 0 Å². The standard InChI is InChI=1S/C6H5ClS2/c7-6-2-1-3-4(8-3)5(6)9-6/h1-5H. The first-order chi connectivity index (χ1) is 4.30. The van der Waals surface area contributed by atoms with E-state index in [1.807, 2.05) is 11.8 Å². The van der Waals surface area contributed by atoms with Gasteiger partial charge in [-0.25, -0.2) is 0 Å². The van der Waals surface area contributed by atoms with E-state index in [0.717, 1.165) is 15.7 Å². The zero-order valence-electron chi connectivity index (χ0n) is 4.58. The Hall–Kier alpha value is 0.730. The van der Waals surface area contributed by atoms with Crippen LogP contribution in [-0.2, 0) is 0 Å². The Morgan fingerprint density at radius 3 is 3.22 bits per heavy atom. The van der Waals surface area contributed by atoms with Gasteiger partial charge in [-0.05, 0) is 0 Å². The van der Waals surface area contributed by atoms with Crippen LogP contribution in [0.5, 0.6) is 0 Å². The molecule has 4 unspecified atom stereocenters. The minimum Gasteiger partial charge on any atom is -0.147 e. The molecule has 0 spiro atoms. The van der Waals surface area contributed by atoms with E-state index in [1.54, 1.807) is 0 Å². The summed E-state index contributed by atoms with van der Waals surface area (Å²) in [5.74, 6) is 0. The van der Waals surface area contributed by atoms with Gasteiger partial charge in [0, 0.05) is 10.5 Å². The van der Waals surface area contributed by atoms with Crippen LogP contribution >= 0.6 is 35.1 Å². The first kappa shape index (κ1) is 5.39. The number of alkyl halides is 1. The number of thioether (sulfide) groups is 2. The molecule has 3 heteroatoms. The van der Waals surface area contributed by atoms with Crippen molar-refractivity contribution in [3.05, 3.63) is 12.2 Å². The molecule has 0 radical (unpaired) electrons. The quantitative estimate of drug-likeness (QED) is 0.315. The third-order valence-electron chi connectivity index (χ3n) is 2.01. The van der Waals surface area contributed by atoms with Crippen molar-refractivity contribution in [1.29, 1.82) is 0 Å². The van der Waals surface area contributed by atoms with E-state index in [1.165, 1.54) is 0 Å². The van der Waals surface area contributed by atoms with E-state index < -0.39 is 0 Å². The van der Waals surface area contributed by atoms with Crippen LogP contribution in [0.3, 0.4) is 0 Å². The zero-order valence-corrected chi connectivity index (χ0v) is 6.97. The Bertz CT molecular complexity index is 203. The molecule has 4 atom stereocenters. The van der Waals surface area contributed by atoms with Gasteiger partial charge in [-0.3, -0.25) is 0 Å². The third-order valence-corrected chi connectivity index (χ3v) is 5.69. The molecule has 0 aromatic heterocycles. The van der Waals surface area contributed by atoms with E-state index in [4.69, 9.17) is 11.6 Å². The van der Waals surface area contributed by atoms with Crippen LogP contribution in [0.4, 0.5) is 0 Å². The highest BCUT2D eigenvalue weighted by Crippen LogP contribution is 2.70. The molecule has 0 nitrogen and oxygen atoms in total. The fraction of sp³-hybridized carbons (Fsp3) is 0.667. The second-order valence-electron chi connectivity index (χ2n) is 2.66. The Balaban J connectivity index is 2.04. The van der Waals surface area contributed by atoms with Gasteiger partial charge in [0.05, 0.1) is 5.25 Å². The van der Waals surface area contributed by atoms with Gasteiger partial charge in [-0.2, -0.15) is 0 Å². The van der Waals surface area contributed by atoms with Gasteiger partial charge in [-0.15, -0.1) is 35.1 Å². The molecule has 48 valence electrons. The highest BCUT2D eigenvalue weighted by atomic mass is 35.5. The molecular formula is C6H5ClS2. The summed E-state index contributed by atoms with van der Waals surface area (Å²) in [6.45, 7) is 0. The van der Waals surface area contributed by atoms with Crippen LogP contribution in [0.25, 0.3) is 0 Å². The van der Waals surface area contributed by atoms with Crippen molar-refractivity contribution in [1.82, 2.24) is 0 Å². The molecule has 0 aromatic rings. The molecular weight excluding hydrogens is 172 g/mol. The normalized spacial score (nSPS) is 66.6. The SMILES string of the molecule is ClC12C=CC3SC3C1S2. The van der Waals surface area contributed by atoms with E-state index in [0.29, 0.717) is 0 Å². The molecule has 0 aromatic carbocycles. The van der Waals surface area contributed by atoms with E-state index in [9.17, 15) is 0 Å². The lowest BCUT2D eigenvalue weighted by Gasteiger charge is -2.00. The number of fused-ring (bicyclic) bond motifs is 3. The molecule has 3 rings (SSSR count). The molecule has 2 aliphatic heterocycles. The second-order valence-corrected chi connectivity index (χ2v) is 6.29. The molecule has 2 saturated heterocycles. The van der Waals surface area contributed by atoms with Crippen molar-refractivity contribution < 1.29 is 0 Å². The van der Waals surface area contributed by atoms with E-state index in [-0.39, 0.29) is 4.21 Å². The highest BCUT2D eigenvalue weighted by molar-refractivity contribution is 8.14. The Morgan fingerprint density at radius 2 is 2.44 bits per heavy atom. The topological polar surface area (TPSA) is 0 Å². The van der Waals surface area contributed by atoms with Crippen LogP contribution < -0.4 is 0 Å². The Labute approximate surface area is 67.4 Å². The average Bonchev–Trinajstić information content (AvgIpc) is 2.52. The van der Waals surface area contributed by atoms with Crippen molar-refractivity contribution in [2.24, 2.45) is 0 Å². The summed E-state index contributed by atoms with van der Waals surface area (Å²) < 4.78 is 0.0463. The minimum absolute atomic E-state index is 0.0463. The minimum atomic E-state index is 0.0463. The lowest BCUT2D eigenvalue weighted by Crippen LogP contribution is -2.13. The smallest absolute Gasteiger partial charge is 0.121 e. The van der Waals surface area contributed by atoms with Gasteiger partial charge in [-0.1, -0.05) is 12.2 Å². The number of hydrogen-bond acceptors (Lipinski definition) is 2.